The van der Waals surface area contributed by atoms with Crippen molar-refractivity contribution in [1.82, 2.24) is 14.9 Å². The van der Waals surface area contributed by atoms with Crippen molar-refractivity contribution in [2.75, 3.05) is 38.2 Å². The molecule has 2 saturated heterocycles. The van der Waals surface area contributed by atoms with Gasteiger partial charge in [0.1, 0.15) is 5.75 Å². The Morgan fingerprint density at radius 1 is 1.12 bits per heavy atom. The number of benzene rings is 1. The Balaban J connectivity index is 1.34. The van der Waals surface area contributed by atoms with Crippen LogP contribution in [0, 0.1) is 11.8 Å². The van der Waals surface area contributed by atoms with Gasteiger partial charge in [-0.2, -0.15) is 0 Å². The third kappa shape index (κ3) is 3.35. The van der Waals surface area contributed by atoms with E-state index in [2.05, 4.69) is 31.9 Å². The minimum Gasteiger partial charge on any atom is -0.497 e. The van der Waals surface area contributed by atoms with Gasteiger partial charge in [0.25, 0.3) is 5.91 Å². The number of amides is 1. The number of carbonyl (C=O) groups is 1. The molecule has 2 aliphatic heterocycles. The van der Waals surface area contributed by atoms with E-state index in [1.807, 2.05) is 12.1 Å². The molecule has 2 aliphatic rings. The Labute approximate surface area is 152 Å². The molecule has 0 aliphatic carbocycles. The fourth-order valence-electron chi connectivity index (χ4n) is 3.98. The molecule has 1 aromatic carbocycles. The number of nitrogens with two attached hydrogens (primary N) is 1. The quantitative estimate of drug-likeness (QED) is 0.868. The van der Waals surface area contributed by atoms with E-state index < -0.39 is 5.91 Å². The van der Waals surface area contributed by atoms with Crippen LogP contribution in [0.15, 0.2) is 36.7 Å². The number of likely N-dealkylation sites (tertiary alicyclic amines) is 1. The third-order valence-corrected chi connectivity index (χ3v) is 5.33. The SMILES string of the molecule is COc1ccc(CN2CC3CN(c4ncc(C(N)=O)cn4)CC3C2)cc1. The summed E-state index contributed by atoms with van der Waals surface area (Å²) < 4.78 is 5.22. The zero-order valence-corrected chi connectivity index (χ0v) is 14.8. The molecule has 2 aromatic rings. The van der Waals surface area contributed by atoms with Gasteiger partial charge in [-0.15, -0.1) is 0 Å². The van der Waals surface area contributed by atoms with Crippen LogP contribution >= 0.6 is 0 Å². The van der Waals surface area contributed by atoms with Crippen LogP contribution in [0.4, 0.5) is 5.95 Å². The Hall–Kier alpha value is -2.67. The van der Waals surface area contributed by atoms with Crippen LogP contribution in [-0.2, 0) is 6.54 Å². The first-order valence-electron chi connectivity index (χ1n) is 8.84. The topological polar surface area (TPSA) is 84.6 Å². The van der Waals surface area contributed by atoms with Crippen LogP contribution in [0.3, 0.4) is 0 Å². The minimum atomic E-state index is -0.496. The number of rotatable bonds is 5. The Morgan fingerprint density at radius 2 is 1.73 bits per heavy atom. The van der Waals surface area contributed by atoms with Crippen LogP contribution in [0.2, 0.25) is 0 Å². The maximum Gasteiger partial charge on any atom is 0.251 e. The number of methoxy groups -OCH3 is 1. The van der Waals surface area contributed by atoms with Crippen molar-refractivity contribution in [3.8, 4) is 5.75 Å². The number of carbonyl (C=O) groups excluding carboxylic acids is 1. The van der Waals surface area contributed by atoms with E-state index in [-0.39, 0.29) is 0 Å². The van der Waals surface area contributed by atoms with Gasteiger partial charge in [0.15, 0.2) is 0 Å². The summed E-state index contributed by atoms with van der Waals surface area (Å²) in [5.41, 5.74) is 6.90. The van der Waals surface area contributed by atoms with Crippen molar-refractivity contribution in [3.05, 3.63) is 47.8 Å². The monoisotopic (exact) mass is 353 g/mol. The molecule has 3 heterocycles. The summed E-state index contributed by atoms with van der Waals surface area (Å²) >= 11 is 0. The molecule has 2 fully saturated rings. The van der Waals surface area contributed by atoms with Gasteiger partial charge < -0.3 is 15.4 Å². The molecule has 7 heteroatoms. The highest BCUT2D eigenvalue weighted by Gasteiger charge is 2.40. The normalized spacial score (nSPS) is 22.4. The molecular weight excluding hydrogens is 330 g/mol. The van der Waals surface area contributed by atoms with Crippen LogP contribution < -0.4 is 15.4 Å². The average molecular weight is 353 g/mol. The smallest absolute Gasteiger partial charge is 0.251 e. The lowest BCUT2D eigenvalue weighted by Gasteiger charge is -2.21. The highest BCUT2D eigenvalue weighted by molar-refractivity contribution is 5.92. The fourth-order valence-corrected chi connectivity index (χ4v) is 3.98. The van der Waals surface area contributed by atoms with E-state index in [1.54, 1.807) is 7.11 Å². The summed E-state index contributed by atoms with van der Waals surface area (Å²) in [6, 6.07) is 8.29. The molecule has 0 radical (unpaired) electrons. The molecule has 0 saturated carbocycles. The lowest BCUT2D eigenvalue weighted by molar-refractivity contribution is 0.0999. The minimum absolute atomic E-state index is 0.346. The van der Waals surface area contributed by atoms with E-state index in [4.69, 9.17) is 10.5 Å². The molecule has 4 rings (SSSR count). The average Bonchev–Trinajstić information content (AvgIpc) is 3.21. The van der Waals surface area contributed by atoms with Crippen LogP contribution in [-0.4, -0.2) is 54.1 Å². The molecule has 0 spiro atoms. The van der Waals surface area contributed by atoms with E-state index in [0.717, 1.165) is 38.5 Å². The molecular formula is C19H23N5O2. The summed E-state index contributed by atoms with van der Waals surface area (Å²) in [5, 5.41) is 0. The van der Waals surface area contributed by atoms with Gasteiger partial charge in [-0.3, -0.25) is 9.69 Å². The van der Waals surface area contributed by atoms with Gasteiger partial charge in [-0.25, -0.2) is 9.97 Å². The molecule has 1 aromatic heterocycles. The first-order valence-corrected chi connectivity index (χ1v) is 8.84. The number of nitrogens with zero attached hydrogens (tertiary/aromatic N) is 4. The van der Waals surface area contributed by atoms with E-state index in [1.165, 1.54) is 18.0 Å². The highest BCUT2D eigenvalue weighted by atomic mass is 16.5. The zero-order chi connectivity index (χ0) is 18.1. The predicted molar refractivity (Wildman–Crippen MR) is 98.0 cm³/mol. The number of aromatic nitrogens is 2. The lowest BCUT2D eigenvalue weighted by atomic mass is 10.0. The number of hydrogen-bond donors (Lipinski definition) is 1. The first-order chi connectivity index (χ1) is 12.6. The van der Waals surface area contributed by atoms with Gasteiger partial charge >= 0.3 is 0 Å². The van der Waals surface area contributed by atoms with E-state index >= 15 is 0 Å². The number of hydrogen-bond acceptors (Lipinski definition) is 6. The number of ether oxygens (including phenoxy) is 1. The van der Waals surface area contributed by atoms with Crippen molar-refractivity contribution in [2.45, 2.75) is 6.54 Å². The van der Waals surface area contributed by atoms with Gasteiger partial charge in [-0.1, -0.05) is 12.1 Å². The first kappa shape index (κ1) is 16.8. The number of fused-ring (bicyclic) bond motifs is 1. The fraction of sp³-hybridized carbons (Fsp3) is 0.421. The van der Waals surface area contributed by atoms with Gasteiger partial charge in [0, 0.05) is 45.1 Å². The molecule has 2 atom stereocenters. The summed E-state index contributed by atoms with van der Waals surface area (Å²) in [5.74, 6) is 2.35. The van der Waals surface area contributed by atoms with Crippen molar-refractivity contribution < 1.29 is 9.53 Å². The number of primary amides is 1. The second-order valence-electron chi connectivity index (χ2n) is 7.10. The van der Waals surface area contributed by atoms with Crippen LogP contribution in [0.25, 0.3) is 0 Å². The van der Waals surface area contributed by atoms with Gasteiger partial charge in [0.2, 0.25) is 5.95 Å². The van der Waals surface area contributed by atoms with E-state index in [0.29, 0.717) is 23.3 Å². The summed E-state index contributed by atoms with van der Waals surface area (Å²) in [6.07, 6.45) is 3.02. The van der Waals surface area contributed by atoms with Crippen LogP contribution in [0.1, 0.15) is 15.9 Å². The van der Waals surface area contributed by atoms with Crippen molar-refractivity contribution in [3.63, 3.8) is 0 Å². The maximum absolute atomic E-state index is 11.1. The van der Waals surface area contributed by atoms with Crippen LogP contribution in [0.5, 0.6) is 5.75 Å². The Kier molecular flexibility index (Phi) is 4.46. The largest absolute Gasteiger partial charge is 0.497 e. The summed E-state index contributed by atoms with van der Waals surface area (Å²) in [4.78, 5) is 24.5. The van der Waals surface area contributed by atoms with E-state index in [9.17, 15) is 4.79 Å². The lowest BCUT2D eigenvalue weighted by Crippen LogP contribution is -2.29. The van der Waals surface area contributed by atoms with Gasteiger partial charge in [0.05, 0.1) is 12.7 Å². The molecule has 7 nitrogen and oxygen atoms in total. The molecule has 26 heavy (non-hydrogen) atoms. The van der Waals surface area contributed by atoms with Crippen molar-refractivity contribution >= 4 is 11.9 Å². The molecule has 136 valence electrons. The summed E-state index contributed by atoms with van der Waals surface area (Å²) in [6.45, 7) is 5.07. The Morgan fingerprint density at radius 3 is 2.27 bits per heavy atom. The maximum atomic E-state index is 11.1. The zero-order valence-electron chi connectivity index (χ0n) is 14.8. The van der Waals surface area contributed by atoms with Crippen molar-refractivity contribution in [2.24, 2.45) is 17.6 Å². The van der Waals surface area contributed by atoms with Gasteiger partial charge in [-0.05, 0) is 29.5 Å². The highest BCUT2D eigenvalue weighted by Crippen LogP contribution is 2.33. The Bertz CT molecular complexity index is 764. The summed E-state index contributed by atoms with van der Waals surface area (Å²) in [7, 11) is 1.69. The number of anilines is 1. The third-order valence-electron chi connectivity index (χ3n) is 5.33. The molecule has 0 bridgehead atoms. The van der Waals surface area contributed by atoms with Crippen molar-refractivity contribution in [1.29, 1.82) is 0 Å². The standard InChI is InChI=1S/C19H23N5O2/c1-26-17-4-2-13(3-5-17)8-23-9-15-11-24(12-16(15)10-23)19-21-6-14(7-22-19)18(20)25/h2-7,15-16H,8-12H2,1H3,(H2,20,25). The molecule has 2 N–H and O–H groups in total. The second-order valence-corrected chi connectivity index (χ2v) is 7.10. The predicted octanol–water partition coefficient (Wildman–Crippen LogP) is 1.15. The second kappa shape index (κ2) is 6.92. The molecule has 1 amide bonds. The molecule has 2 unspecified atom stereocenters.